The minimum absolute atomic E-state index is 0.601. The second-order valence-corrected chi connectivity index (χ2v) is 33.3. The topological polar surface area (TPSA) is 92.1 Å². The first-order valence-corrected chi connectivity index (χ1v) is 43.9. The second-order valence-electron chi connectivity index (χ2n) is 33.3. The van der Waals surface area contributed by atoms with Gasteiger partial charge in [0, 0.05) is 76.9 Å². The first-order chi connectivity index (χ1) is 64.1. The molecule has 9 heteroatoms. The molecule has 28 rings (SSSR count). The fourth-order valence-corrected chi connectivity index (χ4v) is 20.9. The molecule has 25 aromatic rings. The van der Waals surface area contributed by atoms with Crippen molar-refractivity contribution in [3.05, 3.63) is 443 Å². The Morgan fingerprint density at radius 3 is 0.752 bits per heavy atom. The van der Waals surface area contributed by atoms with Crippen molar-refractivity contribution < 1.29 is 0 Å². The molecule has 0 saturated heterocycles. The SMILES string of the molecule is c1ccc(-c2cc(-c3ccccc3)nc(-n3c4cccc5c4c4c6c(ccc(-c7ccccc7)c6ccc43)-c3ccccc3-5)n2)cc1.c1ccc(-c2ccc3c4c2ccc2c4c4c(cccc4n2-c2ccccn2)-c2ccccc2-3)cc1.c1ccc(-c2nc(-c3ccccc3)nc(-n3c4cccc5c4c4c6c(ccc(-c7ccccc7)c6ccc43)-c3ccccc3-5)n2)cc1. The third-order valence-electron chi connectivity index (χ3n) is 26.4. The summed E-state index contributed by atoms with van der Waals surface area (Å²) in [5.41, 5.74) is 35.0. The molecule has 0 bridgehead atoms. The fourth-order valence-electron chi connectivity index (χ4n) is 20.9. The van der Waals surface area contributed by atoms with Crippen LogP contribution in [0, 0.1) is 0 Å². The summed E-state index contributed by atoms with van der Waals surface area (Å²) in [6.45, 7) is 0. The quantitative estimate of drug-likeness (QED) is 0.135. The van der Waals surface area contributed by atoms with Crippen LogP contribution in [-0.4, -0.2) is 43.6 Å². The molecule has 0 aliphatic heterocycles. The molecule has 0 N–H and O–H groups in total. The number of rotatable bonds is 10. The van der Waals surface area contributed by atoms with E-state index in [2.05, 4.69) is 396 Å². The van der Waals surface area contributed by atoms with E-state index in [9.17, 15) is 0 Å². The summed E-state index contributed by atoms with van der Waals surface area (Å²) < 4.78 is 6.83. The highest BCUT2D eigenvalue weighted by atomic mass is 15.2. The number of hydrogen-bond donors (Lipinski definition) is 0. The fraction of sp³-hybridized carbons (Fsp3) is 0. The third-order valence-corrected chi connectivity index (χ3v) is 26.4. The highest BCUT2D eigenvalue weighted by molar-refractivity contribution is 6.35. The van der Waals surface area contributed by atoms with Gasteiger partial charge >= 0.3 is 0 Å². The van der Waals surface area contributed by atoms with Crippen molar-refractivity contribution in [3.63, 3.8) is 0 Å². The average molecular weight is 1640 g/mol. The van der Waals surface area contributed by atoms with Gasteiger partial charge in [-0.3, -0.25) is 13.7 Å². The predicted octanol–water partition coefficient (Wildman–Crippen LogP) is 30.8. The second kappa shape index (κ2) is 29.7. The smallest absolute Gasteiger partial charge is 0.238 e. The summed E-state index contributed by atoms with van der Waals surface area (Å²) in [6.07, 6.45) is 1.87. The molecule has 19 aromatic carbocycles. The Morgan fingerprint density at radius 2 is 0.419 bits per heavy atom. The van der Waals surface area contributed by atoms with E-state index in [1.807, 2.05) is 60.8 Å². The highest BCUT2D eigenvalue weighted by Crippen LogP contribution is 2.56. The monoisotopic (exact) mass is 1640 g/mol. The number of hydrogen-bond acceptors (Lipinski definition) is 6. The van der Waals surface area contributed by atoms with E-state index in [1.165, 1.54) is 176 Å². The van der Waals surface area contributed by atoms with Crippen LogP contribution >= 0.6 is 0 Å². The largest absolute Gasteiger partial charge is 0.294 e. The van der Waals surface area contributed by atoms with Crippen LogP contribution in [0.25, 0.3) is 261 Å². The van der Waals surface area contributed by atoms with Gasteiger partial charge in [-0.15, -0.1) is 0 Å². The van der Waals surface area contributed by atoms with Crippen molar-refractivity contribution in [1.82, 2.24) is 43.6 Å². The number of benzene rings is 19. The van der Waals surface area contributed by atoms with Crippen molar-refractivity contribution in [1.29, 1.82) is 0 Å². The molecule has 0 atom stereocenters. The molecule has 6 heterocycles. The van der Waals surface area contributed by atoms with Crippen molar-refractivity contribution in [3.8, 4) is 163 Å². The summed E-state index contributed by atoms with van der Waals surface area (Å²) in [5, 5.41) is 15.1. The average Bonchev–Trinajstić information content (AvgIpc) is 1.55. The zero-order chi connectivity index (χ0) is 84.7. The molecule has 9 nitrogen and oxygen atoms in total. The van der Waals surface area contributed by atoms with Crippen LogP contribution in [0.2, 0.25) is 0 Å². The molecule has 0 fully saturated rings. The summed E-state index contributed by atoms with van der Waals surface area (Å²) in [7, 11) is 0. The molecule has 3 aliphatic carbocycles. The van der Waals surface area contributed by atoms with E-state index in [0.29, 0.717) is 23.5 Å². The van der Waals surface area contributed by atoms with Crippen molar-refractivity contribution >= 4 is 97.7 Å². The van der Waals surface area contributed by atoms with Gasteiger partial charge in [-0.05, 0) is 171 Å². The van der Waals surface area contributed by atoms with Crippen molar-refractivity contribution in [2.24, 2.45) is 0 Å². The molecule has 129 heavy (non-hydrogen) atoms. The molecule has 598 valence electrons. The van der Waals surface area contributed by atoms with Gasteiger partial charge in [-0.2, -0.15) is 9.97 Å². The van der Waals surface area contributed by atoms with Gasteiger partial charge in [0.05, 0.1) is 44.5 Å². The van der Waals surface area contributed by atoms with Crippen LogP contribution in [0.5, 0.6) is 0 Å². The Kier molecular flexibility index (Phi) is 16.8. The first-order valence-electron chi connectivity index (χ1n) is 43.9. The lowest BCUT2D eigenvalue weighted by molar-refractivity contribution is 0.953. The van der Waals surface area contributed by atoms with Gasteiger partial charge < -0.3 is 0 Å². The number of fused-ring (bicyclic) bond motifs is 9. The van der Waals surface area contributed by atoms with E-state index in [1.54, 1.807) is 0 Å². The maximum absolute atomic E-state index is 5.28. The van der Waals surface area contributed by atoms with Gasteiger partial charge in [-0.25, -0.2) is 19.9 Å². The molecule has 0 amide bonds. The standard InChI is InChI=1S/C44H27N3.C43H26N4.C33H20N2/c1-4-13-28(14-5-1)31-23-24-36-33-20-11-10-19-32(33)34-21-12-22-39-42(34)43-40(26-25-35(31)41(36)43)47(39)44-45-37(29-15-6-2-7-16-29)27-38(46-44)30-17-8-3-9-18-30;1-4-13-27(14-5-1)30-23-24-35-32-20-11-10-19-31(32)33-21-12-22-36-39(33)40-37(26-25-34(30)38(35)40)47(36)43-45-41(28-15-6-2-7-16-28)44-42(46-43)29-17-8-3-9-18-29;1-2-9-21(10-3-1)22-16-17-27-24-12-5-4-11-23(24)25-13-8-14-28-32(25)33-29(19-18-26(22)31(27)33)35(28)30-15-6-7-20-34-30/h1-27H;1-26H;1-20H. The lowest BCUT2D eigenvalue weighted by atomic mass is 9.90. The molecular formula is C120H73N9. The van der Waals surface area contributed by atoms with Gasteiger partial charge in [0.15, 0.2) is 11.6 Å². The Morgan fingerprint density at radius 1 is 0.155 bits per heavy atom. The minimum Gasteiger partial charge on any atom is -0.294 e. The number of pyridine rings is 1. The van der Waals surface area contributed by atoms with Crippen molar-refractivity contribution in [2.75, 3.05) is 0 Å². The summed E-state index contributed by atoms with van der Waals surface area (Å²) in [6, 6.07) is 155. The minimum atomic E-state index is 0.601. The van der Waals surface area contributed by atoms with Crippen LogP contribution in [-0.2, 0) is 0 Å². The predicted molar refractivity (Wildman–Crippen MR) is 533 cm³/mol. The Hall–Kier alpha value is -17.4. The van der Waals surface area contributed by atoms with Crippen LogP contribution < -0.4 is 0 Å². The van der Waals surface area contributed by atoms with Gasteiger partial charge in [0.25, 0.3) is 0 Å². The summed E-state index contributed by atoms with van der Waals surface area (Å²) in [5.74, 6) is 3.50. The number of aromatic nitrogens is 9. The highest BCUT2D eigenvalue weighted by Gasteiger charge is 2.32. The zero-order valence-electron chi connectivity index (χ0n) is 69.7. The maximum atomic E-state index is 5.28. The Labute approximate surface area is 742 Å². The van der Waals surface area contributed by atoms with Crippen LogP contribution in [0.1, 0.15) is 0 Å². The van der Waals surface area contributed by atoms with E-state index < -0.39 is 0 Å². The Balaban J connectivity index is 0.000000103. The van der Waals surface area contributed by atoms with Gasteiger partial charge in [0.2, 0.25) is 11.9 Å². The van der Waals surface area contributed by atoms with E-state index in [-0.39, 0.29) is 0 Å². The van der Waals surface area contributed by atoms with E-state index >= 15 is 0 Å². The molecular weight excluding hydrogens is 1570 g/mol. The van der Waals surface area contributed by atoms with Crippen LogP contribution in [0.3, 0.4) is 0 Å². The van der Waals surface area contributed by atoms with E-state index in [4.69, 9.17) is 29.9 Å². The number of nitrogens with zero attached hydrogens (tertiary/aromatic N) is 9. The lowest BCUT2D eigenvalue weighted by Gasteiger charge is -2.16. The van der Waals surface area contributed by atoms with Gasteiger partial charge in [0.1, 0.15) is 5.82 Å². The molecule has 0 radical (unpaired) electrons. The maximum Gasteiger partial charge on any atom is 0.238 e. The molecule has 0 saturated carbocycles. The summed E-state index contributed by atoms with van der Waals surface area (Å²) in [4.78, 5) is 30.6. The van der Waals surface area contributed by atoms with Gasteiger partial charge in [-0.1, -0.05) is 382 Å². The Bertz CT molecular complexity index is 8370. The van der Waals surface area contributed by atoms with Crippen molar-refractivity contribution in [2.45, 2.75) is 0 Å². The zero-order valence-corrected chi connectivity index (χ0v) is 69.7. The first kappa shape index (κ1) is 73.2. The molecule has 0 spiro atoms. The lowest BCUT2D eigenvalue weighted by Crippen LogP contribution is -2.06. The molecule has 3 aliphatic rings. The van der Waals surface area contributed by atoms with E-state index in [0.717, 1.165) is 61.5 Å². The summed E-state index contributed by atoms with van der Waals surface area (Å²) >= 11 is 0. The van der Waals surface area contributed by atoms with Crippen LogP contribution in [0.15, 0.2) is 443 Å². The normalized spacial score (nSPS) is 11.9. The third kappa shape index (κ3) is 11.6. The molecule has 6 aromatic heterocycles. The molecule has 0 unspecified atom stereocenters. The van der Waals surface area contributed by atoms with Crippen LogP contribution in [0.4, 0.5) is 0 Å².